The summed E-state index contributed by atoms with van der Waals surface area (Å²) in [7, 11) is 1.78. The van der Waals surface area contributed by atoms with Crippen LogP contribution in [0.1, 0.15) is 42.4 Å². The highest BCUT2D eigenvalue weighted by molar-refractivity contribution is 7.14. The summed E-state index contributed by atoms with van der Waals surface area (Å²) >= 11 is 1.55. The van der Waals surface area contributed by atoms with Crippen molar-refractivity contribution < 1.29 is 9.53 Å². The lowest BCUT2D eigenvalue weighted by Crippen LogP contribution is -2.43. The van der Waals surface area contributed by atoms with Gasteiger partial charge in [-0.25, -0.2) is 4.79 Å². The van der Waals surface area contributed by atoms with Crippen molar-refractivity contribution >= 4 is 22.4 Å². The molecular formula is C21H23N3O2S. The molecule has 5 nitrogen and oxygen atoms in total. The fraction of sp³-hybridized carbons (Fsp3) is 0.429. The normalized spacial score (nSPS) is 23.6. The van der Waals surface area contributed by atoms with Crippen LogP contribution >= 0.6 is 11.3 Å². The fourth-order valence-electron chi connectivity index (χ4n) is 4.08. The topological polar surface area (TPSA) is 65.4 Å². The van der Waals surface area contributed by atoms with Crippen LogP contribution in [0.4, 0.5) is 9.80 Å². The maximum Gasteiger partial charge on any atom is 0.414 e. The van der Waals surface area contributed by atoms with Crippen LogP contribution in [-0.4, -0.2) is 31.3 Å². The van der Waals surface area contributed by atoms with Crippen molar-refractivity contribution in [1.82, 2.24) is 5.32 Å². The molecule has 2 aromatic rings. The lowest BCUT2D eigenvalue weighted by Gasteiger charge is -2.30. The zero-order valence-corrected chi connectivity index (χ0v) is 16.2. The second kappa shape index (κ2) is 7.71. The van der Waals surface area contributed by atoms with Crippen molar-refractivity contribution in [3.63, 3.8) is 0 Å². The molecule has 0 spiro atoms. The summed E-state index contributed by atoms with van der Waals surface area (Å²) in [6.07, 6.45) is 4.67. The van der Waals surface area contributed by atoms with Gasteiger partial charge in [0.25, 0.3) is 0 Å². The molecule has 4 rings (SSSR count). The van der Waals surface area contributed by atoms with Crippen molar-refractivity contribution in [2.75, 3.05) is 11.9 Å². The van der Waals surface area contributed by atoms with E-state index in [2.05, 4.69) is 11.4 Å². The summed E-state index contributed by atoms with van der Waals surface area (Å²) < 4.78 is 5.81. The van der Waals surface area contributed by atoms with Crippen molar-refractivity contribution in [1.29, 1.82) is 5.26 Å². The molecule has 2 unspecified atom stereocenters. The Labute approximate surface area is 163 Å². The summed E-state index contributed by atoms with van der Waals surface area (Å²) in [5.74, 6) is 0. The predicted octanol–water partition coefficient (Wildman–Crippen LogP) is 4.07. The lowest BCUT2D eigenvalue weighted by molar-refractivity contribution is 0.0731. The van der Waals surface area contributed by atoms with Gasteiger partial charge in [0.05, 0.1) is 11.6 Å². The van der Waals surface area contributed by atoms with E-state index >= 15 is 0 Å². The van der Waals surface area contributed by atoms with Gasteiger partial charge < -0.3 is 10.1 Å². The molecule has 0 saturated carbocycles. The van der Waals surface area contributed by atoms with Crippen molar-refractivity contribution in [2.45, 2.75) is 50.3 Å². The fourth-order valence-corrected chi connectivity index (χ4v) is 4.96. The van der Waals surface area contributed by atoms with Gasteiger partial charge in [0.1, 0.15) is 11.1 Å². The van der Waals surface area contributed by atoms with E-state index in [1.54, 1.807) is 23.3 Å². The smallest absolute Gasteiger partial charge is 0.414 e. The number of benzene rings is 1. The number of fused-ring (bicyclic) bond motifs is 2. The molecule has 2 aliphatic rings. The highest BCUT2D eigenvalue weighted by Crippen LogP contribution is 2.32. The van der Waals surface area contributed by atoms with Gasteiger partial charge in [0.2, 0.25) is 0 Å². The quantitative estimate of drug-likeness (QED) is 0.867. The van der Waals surface area contributed by atoms with Gasteiger partial charge in [0.15, 0.2) is 0 Å². The number of hydrogen-bond acceptors (Lipinski definition) is 5. The van der Waals surface area contributed by atoms with Crippen LogP contribution in [0.5, 0.6) is 0 Å². The lowest BCUT2D eigenvalue weighted by atomic mass is 10.0. The first kappa shape index (κ1) is 18.0. The molecule has 1 aromatic heterocycles. The molecular weight excluding hydrogens is 358 g/mol. The molecule has 2 aliphatic heterocycles. The van der Waals surface area contributed by atoms with E-state index < -0.39 is 0 Å². The van der Waals surface area contributed by atoms with Crippen molar-refractivity contribution in [3.05, 3.63) is 52.4 Å². The summed E-state index contributed by atoms with van der Waals surface area (Å²) in [5, 5.41) is 15.4. The SMILES string of the molecule is CN(C(=O)OC1CC2CCC(C1)N2)c1sccc1Cc1ccc(C#N)cc1. The number of thiophene rings is 1. The molecule has 3 heterocycles. The van der Waals surface area contributed by atoms with E-state index in [4.69, 9.17) is 10.00 Å². The average Bonchev–Trinajstić information content (AvgIpc) is 3.27. The van der Waals surface area contributed by atoms with Gasteiger partial charge in [-0.2, -0.15) is 5.26 Å². The van der Waals surface area contributed by atoms with Crippen LogP contribution in [0.2, 0.25) is 0 Å². The van der Waals surface area contributed by atoms with Crippen molar-refractivity contribution in [2.24, 2.45) is 0 Å². The van der Waals surface area contributed by atoms with Gasteiger partial charge in [-0.3, -0.25) is 4.90 Å². The van der Waals surface area contributed by atoms with Crippen LogP contribution in [0.25, 0.3) is 0 Å². The number of nitrogens with zero attached hydrogens (tertiary/aromatic N) is 2. The van der Waals surface area contributed by atoms with E-state index in [0.717, 1.165) is 35.4 Å². The van der Waals surface area contributed by atoms with Gasteiger partial charge in [0, 0.05) is 25.6 Å². The molecule has 2 fully saturated rings. The number of nitrogens with one attached hydrogen (secondary N) is 1. The Morgan fingerprint density at radius 1 is 1.26 bits per heavy atom. The number of anilines is 1. The minimum Gasteiger partial charge on any atom is -0.446 e. The number of rotatable bonds is 4. The summed E-state index contributed by atoms with van der Waals surface area (Å²) in [4.78, 5) is 14.3. The molecule has 0 radical (unpaired) electrons. The highest BCUT2D eigenvalue weighted by Gasteiger charge is 2.35. The van der Waals surface area contributed by atoms with E-state index in [-0.39, 0.29) is 12.2 Å². The highest BCUT2D eigenvalue weighted by atomic mass is 32.1. The molecule has 6 heteroatoms. The number of nitriles is 1. The Balaban J connectivity index is 1.41. The monoisotopic (exact) mass is 381 g/mol. The van der Waals surface area contributed by atoms with Gasteiger partial charge in [-0.15, -0.1) is 11.3 Å². The number of carbonyl (C=O) groups is 1. The van der Waals surface area contributed by atoms with E-state index in [1.807, 2.05) is 35.7 Å². The second-order valence-electron chi connectivity index (χ2n) is 7.41. The maximum atomic E-state index is 12.7. The van der Waals surface area contributed by atoms with E-state index in [1.165, 1.54) is 12.8 Å². The van der Waals surface area contributed by atoms with Crippen LogP contribution in [0.15, 0.2) is 35.7 Å². The second-order valence-corrected chi connectivity index (χ2v) is 8.31. The Bertz CT molecular complexity index is 843. The summed E-state index contributed by atoms with van der Waals surface area (Å²) in [5.41, 5.74) is 2.86. The van der Waals surface area contributed by atoms with Crippen LogP contribution < -0.4 is 10.2 Å². The molecule has 1 N–H and O–H groups in total. The molecule has 2 saturated heterocycles. The van der Waals surface area contributed by atoms with Gasteiger partial charge in [-0.05, 0) is 60.4 Å². The number of ether oxygens (including phenoxy) is 1. The zero-order valence-electron chi connectivity index (χ0n) is 15.4. The van der Waals surface area contributed by atoms with Gasteiger partial charge >= 0.3 is 6.09 Å². The average molecular weight is 382 g/mol. The molecule has 1 aromatic carbocycles. The van der Waals surface area contributed by atoms with Gasteiger partial charge in [-0.1, -0.05) is 12.1 Å². The molecule has 2 bridgehead atoms. The number of piperidine rings is 1. The minimum absolute atomic E-state index is 0.0145. The first-order chi connectivity index (χ1) is 13.1. The largest absolute Gasteiger partial charge is 0.446 e. The third kappa shape index (κ3) is 4.00. The maximum absolute atomic E-state index is 12.7. The number of hydrogen-bond donors (Lipinski definition) is 1. The molecule has 140 valence electrons. The predicted molar refractivity (Wildman–Crippen MR) is 106 cm³/mol. The third-order valence-corrected chi connectivity index (χ3v) is 6.51. The molecule has 1 amide bonds. The first-order valence-electron chi connectivity index (χ1n) is 9.38. The Kier molecular flexibility index (Phi) is 5.15. The van der Waals surface area contributed by atoms with Crippen LogP contribution in [0, 0.1) is 11.3 Å². The molecule has 27 heavy (non-hydrogen) atoms. The Morgan fingerprint density at radius 2 is 1.96 bits per heavy atom. The first-order valence-corrected chi connectivity index (χ1v) is 10.3. The van der Waals surface area contributed by atoms with Crippen LogP contribution in [0.3, 0.4) is 0 Å². The van der Waals surface area contributed by atoms with Crippen molar-refractivity contribution in [3.8, 4) is 6.07 Å². The molecule has 0 aliphatic carbocycles. The third-order valence-electron chi connectivity index (χ3n) is 5.48. The number of amides is 1. The molecule has 2 atom stereocenters. The number of carbonyl (C=O) groups excluding carboxylic acids is 1. The van der Waals surface area contributed by atoms with E-state index in [9.17, 15) is 4.79 Å². The zero-order chi connectivity index (χ0) is 18.8. The Morgan fingerprint density at radius 3 is 2.63 bits per heavy atom. The van der Waals surface area contributed by atoms with E-state index in [0.29, 0.717) is 17.6 Å². The summed E-state index contributed by atoms with van der Waals surface area (Å²) in [6, 6.07) is 12.8. The standard InChI is InChI=1S/C21H23N3O2S/c1-24(21(25)26-19-11-17-6-7-18(12-19)23-17)20-16(8-9-27-20)10-14-2-4-15(13-22)5-3-14/h2-5,8-9,17-19,23H,6-7,10-12H2,1H3. The minimum atomic E-state index is -0.273. The summed E-state index contributed by atoms with van der Waals surface area (Å²) in [6.45, 7) is 0. The Hall–Kier alpha value is -2.36. The van der Waals surface area contributed by atoms with Crippen LogP contribution in [-0.2, 0) is 11.2 Å².